The lowest BCUT2D eigenvalue weighted by Crippen LogP contribution is -1.99. The Bertz CT molecular complexity index is 586. The van der Waals surface area contributed by atoms with Crippen molar-refractivity contribution in [3.8, 4) is 0 Å². The van der Waals surface area contributed by atoms with Gasteiger partial charge >= 0.3 is 11.8 Å². The van der Waals surface area contributed by atoms with E-state index < -0.39 is 10.9 Å². The fourth-order valence-electron chi connectivity index (χ4n) is 1.38. The maximum Gasteiger partial charge on any atom is 0.381 e. The molecule has 2 heterocycles. The first-order valence-corrected chi connectivity index (χ1v) is 4.93. The van der Waals surface area contributed by atoms with Gasteiger partial charge in [0.05, 0.1) is 13.7 Å². The summed E-state index contributed by atoms with van der Waals surface area (Å²) in [6, 6.07) is 3.07. The summed E-state index contributed by atoms with van der Waals surface area (Å²) < 4.78 is 11.2. The lowest BCUT2D eigenvalue weighted by atomic mass is 10.4. The minimum atomic E-state index is -0.585. The highest BCUT2D eigenvalue weighted by molar-refractivity contribution is 5.86. The van der Waals surface area contributed by atoms with Gasteiger partial charge in [-0.15, -0.1) is 0 Å². The van der Waals surface area contributed by atoms with Crippen molar-refractivity contribution < 1.29 is 18.9 Å². The molecule has 0 N–H and O–H groups in total. The third kappa shape index (κ3) is 2.37. The second kappa shape index (κ2) is 4.70. The number of nitro groups is 1. The van der Waals surface area contributed by atoms with Crippen LogP contribution in [0.2, 0.25) is 0 Å². The van der Waals surface area contributed by atoms with Crippen molar-refractivity contribution in [3.05, 3.63) is 46.3 Å². The summed E-state index contributed by atoms with van der Waals surface area (Å²) in [6.45, 7) is 0.248. The molecule has 2 aromatic heterocycles. The van der Waals surface area contributed by atoms with E-state index in [0.29, 0.717) is 5.76 Å². The van der Waals surface area contributed by atoms with E-state index in [9.17, 15) is 14.9 Å². The number of ether oxygens (including phenoxy) is 1. The Kier molecular flexibility index (Phi) is 3.09. The summed E-state index contributed by atoms with van der Waals surface area (Å²) in [7, 11) is 1.25. The van der Waals surface area contributed by atoms with Gasteiger partial charge in [0, 0.05) is 0 Å². The number of aromatic nitrogens is 2. The zero-order chi connectivity index (χ0) is 13.1. The maximum atomic E-state index is 11.1. The van der Waals surface area contributed by atoms with E-state index in [4.69, 9.17) is 4.42 Å². The molecular formula is C10H9N3O5. The van der Waals surface area contributed by atoms with Crippen LogP contribution >= 0.6 is 0 Å². The second-order valence-corrected chi connectivity index (χ2v) is 3.42. The molecule has 0 aliphatic rings. The predicted octanol–water partition coefficient (Wildman–Crippen LogP) is 1.22. The fourth-order valence-corrected chi connectivity index (χ4v) is 1.38. The summed E-state index contributed by atoms with van der Waals surface area (Å²) >= 11 is 0. The van der Waals surface area contributed by atoms with Crippen LogP contribution < -0.4 is 0 Å². The third-order valence-electron chi connectivity index (χ3n) is 2.19. The second-order valence-electron chi connectivity index (χ2n) is 3.42. The van der Waals surface area contributed by atoms with Crippen LogP contribution in [-0.4, -0.2) is 27.6 Å². The Labute approximate surface area is 101 Å². The first kappa shape index (κ1) is 11.8. The van der Waals surface area contributed by atoms with Gasteiger partial charge in [0.15, 0.2) is 0 Å². The molecule has 8 heteroatoms. The van der Waals surface area contributed by atoms with Crippen molar-refractivity contribution >= 4 is 11.8 Å². The molecule has 0 bridgehead atoms. The zero-order valence-corrected chi connectivity index (χ0v) is 9.40. The van der Waals surface area contributed by atoms with Gasteiger partial charge < -0.3 is 23.8 Å². The molecule has 0 fully saturated rings. The fraction of sp³-hybridized carbons (Fsp3) is 0.200. The Hall–Kier alpha value is -2.64. The van der Waals surface area contributed by atoms with Crippen LogP contribution in [0.4, 0.5) is 5.82 Å². The van der Waals surface area contributed by atoms with E-state index in [0.717, 1.165) is 0 Å². The Balaban J connectivity index is 2.11. The van der Waals surface area contributed by atoms with Crippen molar-refractivity contribution in [2.45, 2.75) is 6.54 Å². The van der Waals surface area contributed by atoms with E-state index in [1.54, 1.807) is 6.07 Å². The van der Waals surface area contributed by atoms with E-state index >= 15 is 0 Å². The molecule has 0 amide bonds. The van der Waals surface area contributed by atoms with Crippen molar-refractivity contribution in [1.29, 1.82) is 0 Å². The number of carbonyl (C=O) groups is 1. The standard InChI is InChI=1S/C10H9N3O5/c1-17-10(14)8-3-2-7(18-8)4-12-5-9(11-6-12)13(15)16/h2-3,5-6H,4H2,1H3. The first-order valence-electron chi connectivity index (χ1n) is 4.93. The summed E-state index contributed by atoms with van der Waals surface area (Å²) in [4.78, 5) is 24.6. The van der Waals surface area contributed by atoms with Crippen molar-refractivity contribution in [3.63, 3.8) is 0 Å². The van der Waals surface area contributed by atoms with Crippen LogP contribution in [0.1, 0.15) is 16.3 Å². The molecule has 0 unspecified atom stereocenters. The molecule has 0 aliphatic carbocycles. The first-order chi connectivity index (χ1) is 8.60. The Morgan fingerprint density at radius 1 is 1.61 bits per heavy atom. The largest absolute Gasteiger partial charge is 0.463 e. The summed E-state index contributed by atoms with van der Waals surface area (Å²) in [5.74, 6) is -0.252. The Morgan fingerprint density at radius 3 is 3.00 bits per heavy atom. The van der Waals surface area contributed by atoms with Gasteiger partial charge in [-0.05, 0) is 22.0 Å². The van der Waals surface area contributed by atoms with Gasteiger partial charge in [-0.3, -0.25) is 0 Å². The van der Waals surface area contributed by atoms with Crippen LogP contribution in [0.25, 0.3) is 0 Å². The van der Waals surface area contributed by atoms with Gasteiger partial charge in [0.25, 0.3) is 0 Å². The lowest BCUT2D eigenvalue weighted by Gasteiger charge is -1.96. The normalized spacial score (nSPS) is 10.3. The molecule has 2 aromatic rings. The number of esters is 1. The number of imidazole rings is 1. The number of hydrogen-bond donors (Lipinski definition) is 0. The van der Waals surface area contributed by atoms with Gasteiger partial charge in [-0.25, -0.2) is 4.79 Å². The molecule has 0 aromatic carbocycles. The Morgan fingerprint density at radius 2 is 2.39 bits per heavy atom. The SMILES string of the molecule is COC(=O)c1ccc(Cn2cnc([N+](=O)[O-])c2)o1. The van der Waals surface area contributed by atoms with E-state index in [1.807, 2.05) is 0 Å². The smallest absolute Gasteiger partial charge is 0.381 e. The van der Waals surface area contributed by atoms with Crippen molar-refractivity contribution in [2.75, 3.05) is 7.11 Å². The van der Waals surface area contributed by atoms with Gasteiger partial charge in [0.1, 0.15) is 12.0 Å². The van der Waals surface area contributed by atoms with E-state index in [2.05, 4.69) is 9.72 Å². The minimum Gasteiger partial charge on any atom is -0.463 e. The molecule has 18 heavy (non-hydrogen) atoms. The highest BCUT2D eigenvalue weighted by Crippen LogP contribution is 2.12. The quantitative estimate of drug-likeness (QED) is 0.460. The molecule has 0 radical (unpaired) electrons. The number of hydrogen-bond acceptors (Lipinski definition) is 6. The number of nitrogens with zero attached hydrogens (tertiary/aromatic N) is 3. The van der Waals surface area contributed by atoms with Gasteiger partial charge in [-0.1, -0.05) is 0 Å². The van der Waals surface area contributed by atoms with Gasteiger partial charge in [0.2, 0.25) is 12.1 Å². The van der Waals surface area contributed by atoms with Crippen LogP contribution in [0, 0.1) is 10.1 Å². The molecule has 8 nitrogen and oxygen atoms in total. The van der Waals surface area contributed by atoms with Crippen LogP contribution in [0.5, 0.6) is 0 Å². The molecule has 2 rings (SSSR count). The summed E-state index contributed by atoms with van der Waals surface area (Å²) in [5, 5.41) is 10.4. The molecule has 0 saturated heterocycles. The summed E-state index contributed by atoms with van der Waals surface area (Å²) in [5.41, 5.74) is 0. The summed E-state index contributed by atoms with van der Waals surface area (Å²) in [6.07, 6.45) is 2.60. The van der Waals surface area contributed by atoms with Crippen LogP contribution in [-0.2, 0) is 11.3 Å². The molecular weight excluding hydrogens is 242 g/mol. The topological polar surface area (TPSA) is 100 Å². The predicted molar refractivity (Wildman–Crippen MR) is 58.0 cm³/mol. The van der Waals surface area contributed by atoms with Crippen LogP contribution in [0.3, 0.4) is 0 Å². The number of carbonyl (C=O) groups excluding carboxylic acids is 1. The molecule has 0 aliphatic heterocycles. The molecule has 0 atom stereocenters. The number of furan rings is 1. The van der Waals surface area contributed by atoms with E-state index in [-0.39, 0.29) is 18.1 Å². The highest BCUT2D eigenvalue weighted by Gasteiger charge is 2.13. The average Bonchev–Trinajstić information content (AvgIpc) is 2.98. The lowest BCUT2D eigenvalue weighted by molar-refractivity contribution is -0.389. The maximum absolute atomic E-state index is 11.1. The van der Waals surface area contributed by atoms with Crippen LogP contribution in [0.15, 0.2) is 29.1 Å². The molecule has 0 spiro atoms. The number of methoxy groups -OCH3 is 1. The van der Waals surface area contributed by atoms with Crippen molar-refractivity contribution in [1.82, 2.24) is 9.55 Å². The van der Waals surface area contributed by atoms with Gasteiger partial charge in [-0.2, -0.15) is 0 Å². The average molecular weight is 251 g/mol. The molecule has 94 valence electrons. The van der Waals surface area contributed by atoms with Crippen molar-refractivity contribution in [2.24, 2.45) is 0 Å². The molecule has 0 saturated carbocycles. The third-order valence-corrected chi connectivity index (χ3v) is 2.19. The monoisotopic (exact) mass is 251 g/mol. The minimum absolute atomic E-state index is 0.0853. The highest BCUT2D eigenvalue weighted by atomic mass is 16.6. The number of rotatable bonds is 4. The zero-order valence-electron chi connectivity index (χ0n) is 9.40. The van der Waals surface area contributed by atoms with E-state index in [1.165, 1.54) is 30.3 Å².